The molecule has 1 atom stereocenters. The van der Waals surface area contributed by atoms with E-state index in [0.29, 0.717) is 10.8 Å². The van der Waals surface area contributed by atoms with Crippen molar-refractivity contribution in [1.29, 1.82) is 0 Å². The van der Waals surface area contributed by atoms with Crippen LogP contribution < -0.4 is 10.2 Å². The van der Waals surface area contributed by atoms with Gasteiger partial charge < -0.3 is 4.74 Å². The highest BCUT2D eigenvalue weighted by Crippen LogP contribution is 2.22. The topological polar surface area (TPSA) is 50.7 Å². The van der Waals surface area contributed by atoms with Crippen LogP contribution in [0.2, 0.25) is 5.02 Å². The quantitative estimate of drug-likeness (QED) is 0.429. The van der Waals surface area contributed by atoms with E-state index < -0.39 is 6.10 Å². The lowest BCUT2D eigenvalue weighted by atomic mass is 10.2. The van der Waals surface area contributed by atoms with Gasteiger partial charge in [0, 0.05) is 14.2 Å². The highest BCUT2D eigenvalue weighted by atomic mass is 127. The molecule has 0 aliphatic carbocycles. The number of aryl methyl sites for hydroxylation is 1. The van der Waals surface area contributed by atoms with Gasteiger partial charge in [0.05, 0.1) is 6.21 Å². The predicted octanol–water partition coefficient (Wildman–Crippen LogP) is 4.17. The van der Waals surface area contributed by atoms with E-state index in [1.54, 1.807) is 31.3 Å². The van der Waals surface area contributed by atoms with Crippen LogP contribution in [0, 0.1) is 10.5 Å². The SMILES string of the molecule is Cc1cc(Cl)ccc1OC(C)C(=O)NN=Cc1ccccc1I. The molecule has 1 unspecified atom stereocenters. The van der Waals surface area contributed by atoms with Crippen LogP contribution in [0.3, 0.4) is 0 Å². The number of halogens is 2. The minimum absolute atomic E-state index is 0.318. The van der Waals surface area contributed by atoms with Gasteiger partial charge in [-0.3, -0.25) is 4.79 Å². The number of rotatable bonds is 5. The molecule has 0 aliphatic heterocycles. The van der Waals surface area contributed by atoms with Gasteiger partial charge in [0.1, 0.15) is 5.75 Å². The van der Waals surface area contributed by atoms with Crippen molar-refractivity contribution in [3.05, 3.63) is 62.2 Å². The molecule has 0 aliphatic rings. The predicted molar refractivity (Wildman–Crippen MR) is 101 cm³/mol. The molecule has 0 saturated carbocycles. The third-order valence-corrected chi connectivity index (χ3v) is 4.31. The van der Waals surface area contributed by atoms with Crippen LogP contribution >= 0.6 is 34.2 Å². The van der Waals surface area contributed by atoms with E-state index in [1.165, 1.54) is 0 Å². The van der Waals surface area contributed by atoms with Gasteiger partial charge in [0.25, 0.3) is 5.91 Å². The molecule has 0 heterocycles. The van der Waals surface area contributed by atoms with Crippen LogP contribution in [0.15, 0.2) is 47.6 Å². The number of carbonyl (C=O) groups excluding carboxylic acids is 1. The molecule has 2 aromatic carbocycles. The van der Waals surface area contributed by atoms with E-state index in [1.807, 2.05) is 31.2 Å². The summed E-state index contributed by atoms with van der Waals surface area (Å²) >= 11 is 8.11. The molecule has 1 N–H and O–H groups in total. The zero-order valence-corrected chi connectivity index (χ0v) is 15.6. The molecule has 2 rings (SSSR count). The number of nitrogens with zero attached hydrogens (tertiary/aromatic N) is 1. The largest absolute Gasteiger partial charge is 0.481 e. The molecule has 0 radical (unpaired) electrons. The highest BCUT2D eigenvalue weighted by Gasteiger charge is 2.15. The van der Waals surface area contributed by atoms with Crippen LogP contribution in [0.5, 0.6) is 5.75 Å². The number of nitrogens with one attached hydrogen (secondary N) is 1. The maximum absolute atomic E-state index is 12.0. The van der Waals surface area contributed by atoms with Gasteiger partial charge in [0.2, 0.25) is 0 Å². The lowest BCUT2D eigenvalue weighted by Gasteiger charge is -2.14. The van der Waals surface area contributed by atoms with Gasteiger partial charge in [-0.25, -0.2) is 5.43 Å². The van der Waals surface area contributed by atoms with Crippen molar-refractivity contribution >= 4 is 46.3 Å². The molecule has 0 bridgehead atoms. The smallest absolute Gasteiger partial charge is 0.280 e. The van der Waals surface area contributed by atoms with Crippen molar-refractivity contribution in [1.82, 2.24) is 5.43 Å². The number of ether oxygens (including phenoxy) is 1. The molecule has 6 heteroatoms. The number of amides is 1. The normalized spacial score (nSPS) is 12.2. The fourth-order valence-corrected chi connectivity index (χ4v) is 2.58. The van der Waals surface area contributed by atoms with Gasteiger partial charge in [0.15, 0.2) is 6.10 Å². The third-order valence-electron chi connectivity index (χ3n) is 3.09. The summed E-state index contributed by atoms with van der Waals surface area (Å²) in [6, 6.07) is 13.0. The van der Waals surface area contributed by atoms with Crippen LogP contribution in [-0.4, -0.2) is 18.2 Å². The van der Waals surface area contributed by atoms with Crippen LogP contribution in [-0.2, 0) is 4.79 Å². The number of hydrazone groups is 1. The minimum atomic E-state index is -0.665. The Labute approximate surface area is 154 Å². The lowest BCUT2D eigenvalue weighted by molar-refractivity contribution is -0.127. The monoisotopic (exact) mass is 442 g/mol. The van der Waals surface area contributed by atoms with Crippen LogP contribution in [0.25, 0.3) is 0 Å². The summed E-state index contributed by atoms with van der Waals surface area (Å²) in [4.78, 5) is 12.0. The zero-order valence-electron chi connectivity index (χ0n) is 12.7. The molecule has 0 aromatic heterocycles. The van der Waals surface area contributed by atoms with Crippen LogP contribution in [0.1, 0.15) is 18.1 Å². The lowest BCUT2D eigenvalue weighted by Crippen LogP contribution is -2.33. The molecule has 1 amide bonds. The first-order chi connectivity index (χ1) is 11.0. The molecular weight excluding hydrogens is 427 g/mol. The summed E-state index contributed by atoms with van der Waals surface area (Å²) in [5, 5.41) is 4.60. The molecule has 0 fully saturated rings. The highest BCUT2D eigenvalue weighted by molar-refractivity contribution is 14.1. The van der Waals surface area contributed by atoms with E-state index >= 15 is 0 Å². The standard InChI is InChI=1S/C17H16ClIN2O2/c1-11-9-14(18)7-8-16(11)23-12(2)17(22)21-20-10-13-5-3-4-6-15(13)19/h3-10,12H,1-2H3,(H,21,22). The molecule has 2 aromatic rings. The van der Waals surface area contributed by atoms with E-state index in [4.69, 9.17) is 16.3 Å². The van der Waals surface area contributed by atoms with Gasteiger partial charge in [-0.2, -0.15) is 5.10 Å². The van der Waals surface area contributed by atoms with E-state index in [9.17, 15) is 4.79 Å². The molecule has 0 saturated heterocycles. The van der Waals surface area contributed by atoms with Crippen molar-refractivity contribution in [2.24, 2.45) is 5.10 Å². The van der Waals surface area contributed by atoms with Gasteiger partial charge in [-0.1, -0.05) is 29.8 Å². The summed E-state index contributed by atoms with van der Waals surface area (Å²) in [7, 11) is 0. The van der Waals surface area contributed by atoms with Crippen molar-refractivity contribution in [3.8, 4) is 5.75 Å². The summed E-state index contributed by atoms with van der Waals surface area (Å²) in [5.74, 6) is 0.306. The fraction of sp³-hybridized carbons (Fsp3) is 0.176. The number of hydrogen-bond donors (Lipinski definition) is 1. The van der Waals surface area contributed by atoms with E-state index in [-0.39, 0.29) is 5.91 Å². The van der Waals surface area contributed by atoms with E-state index in [2.05, 4.69) is 33.1 Å². The Morgan fingerprint density at radius 1 is 1.35 bits per heavy atom. The number of carbonyl (C=O) groups is 1. The summed E-state index contributed by atoms with van der Waals surface area (Å²) in [6.07, 6.45) is 0.946. The Bertz CT molecular complexity index is 734. The van der Waals surface area contributed by atoms with Crippen molar-refractivity contribution < 1.29 is 9.53 Å². The zero-order chi connectivity index (χ0) is 16.8. The number of hydrogen-bond acceptors (Lipinski definition) is 3. The Morgan fingerprint density at radius 2 is 2.09 bits per heavy atom. The second-order valence-corrected chi connectivity index (χ2v) is 6.52. The Morgan fingerprint density at radius 3 is 2.78 bits per heavy atom. The first-order valence-corrected chi connectivity index (χ1v) is 8.43. The van der Waals surface area contributed by atoms with Crippen LogP contribution in [0.4, 0.5) is 0 Å². The average Bonchev–Trinajstić information content (AvgIpc) is 2.51. The van der Waals surface area contributed by atoms with Crippen molar-refractivity contribution in [2.45, 2.75) is 20.0 Å². The second kappa shape index (κ2) is 8.31. The maximum atomic E-state index is 12.0. The fourth-order valence-electron chi connectivity index (χ4n) is 1.83. The summed E-state index contributed by atoms with van der Waals surface area (Å²) in [6.45, 7) is 3.55. The third kappa shape index (κ3) is 5.21. The van der Waals surface area contributed by atoms with Gasteiger partial charge in [-0.05, 0) is 66.3 Å². The summed E-state index contributed by atoms with van der Waals surface area (Å²) in [5.41, 5.74) is 4.30. The minimum Gasteiger partial charge on any atom is -0.481 e. The molecular formula is C17H16ClIN2O2. The average molecular weight is 443 g/mol. The first kappa shape index (κ1) is 17.7. The molecule has 0 spiro atoms. The maximum Gasteiger partial charge on any atom is 0.280 e. The molecule has 4 nitrogen and oxygen atoms in total. The Hall–Kier alpha value is -1.60. The molecule has 23 heavy (non-hydrogen) atoms. The second-order valence-electron chi connectivity index (χ2n) is 4.93. The van der Waals surface area contributed by atoms with Gasteiger partial charge >= 0.3 is 0 Å². The molecule has 120 valence electrons. The Balaban J connectivity index is 1.94. The van der Waals surface area contributed by atoms with E-state index in [0.717, 1.165) is 14.7 Å². The Kier molecular flexibility index (Phi) is 6.41. The number of benzene rings is 2. The van der Waals surface area contributed by atoms with Gasteiger partial charge in [-0.15, -0.1) is 0 Å². The van der Waals surface area contributed by atoms with Crippen molar-refractivity contribution in [2.75, 3.05) is 0 Å². The first-order valence-electron chi connectivity index (χ1n) is 6.97. The van der Waals surface area contributed by atoms with Crippen molar-refractivity contribution in [3.63, 3.8) is 0 Å². The summed E-state index contributed by atoms with van der Waals surface area (Å²) < 4.78 is 6.70.